The lowest BCUT2D eigenvalue weighted by atomic mass is 10.2. The number of carbonyl (C=O) groups excluding carboxylic acids is 2. The van der Waals surface area contributed by atoms with E-state index in [0.29, 0.717) is 5.69 Å². The lowest BCUT2D eigenvalue weighted by Gasteiger charge is -2.27. The van der Waals surface area contributed by atoms with E-state index in [1.165, 1.54) is 36.6 Å². The molecule has 0 saturated heterocycles. The van der Waals surface area contributed by atoms with E-state index in [0.717, 1.165) is 0 Å². The highest BCUT2D eigenvalue weighted by Gasteiger charge is 2.35. The summed E-state index contributed by atoms with van der Waals surface area (Å²) in [7, 11) is 0. The molecule has 7 nitrogen and oxygen atoms in total. The molecule has 1 aromatic heterocycles. The van der Waals surface area contributed by atoms with E-state index in [1.807, 2.05) is 0 Å². The van der Waals surface area contributed by atoms with Crippen LogP contribution in [0.4, 0.5) is 5.69 Å². The van der Waals surface area contributed by atoms with E-state index in [2.05, 4.69) is 16.0 Å². The molecule has 0 saturated carbocycles. The molecule has 0 spiro atoms. The van der Waals surface area contributed by atoms with Crippen LogP contribution in [0.2, 0.25) is 0 Å². The first kappa shape index (κ1) is 20.3. The minimum Gasteiger partial charge on any atom is -0.545 e. The van der Waals surface area contributed by atoms with E-state index < -0.39 is 21.8 Å². The zero-order chi connectivity index (χ0) is 19.3. The Hall–Kier alpha value is -2.00. The molecule has 2 aromatic rings. The second kappa shape index (κ2) is 8.59. The highest BCUT2D eigenvalue weighted by atomic mass is 35.6. The van der Waals surface area contributed by atoms with E-state index >= 15 is 0 Å². The van der Waals surface area contributed by atoms with Crippen LogP contribution in [0.15, 0.2) is 47.1 Å². The number of furan rings is 1. The van der Waals surface area contributed by atoms with Gasteiger partial charge in [0, 0.05) is 5.69 Å². The molecule has 1 aromatic carbocycles. The van der Waals surface area contributed by atoms with Crippen molar-refractivity contribution in [3.63, 3.8) is 0 Å². The van der Waals surface area contributed by atoms with Crippen LogP contribution in [0.25, 0.3) is 0 Å². The summed E-state index contributed by atoms with van der Waals surface area (Å²) in [6.07, 6.45) is 0.123. The Kier molecular flexibility index (Phi) is 6.71. The summed E-state index contributed by atoms with van der Waals surface area (Å²) >= 11 is 22.7. The minimum absolute atomic E-state index is 0.0171. The van der Waals surface area contributed by atoms with Crippen molar-refractivity contribution in [2.45, 2.75) is 9.96 Å². The molecule has 0 radical (unpaired) electrons. The maximum atomic E-state index is 12.1. The molecule has 3 N–H and O–H groups in total. The Morgan fingerprint density at radius 2 is 1.88 bits per heavy atom. The number of amides is 1. The van der Waals surface area contributed by atoms with Crippen LogP contribution in [0.1, 0.15) is 20.9 Å². The molecule has 2 rings (SSSR count). The second-order valence-corrected chi connectivity index (χ2v) is 7.67. The van der Waals surface area contributed by atoms with Gasteiger partial charge in [-0.25, -0.2) is 0 Å². The van der Waals surface area contributed by atoms with Gasteiger partial charge in [0.15, 0.2) is 10.9 Å². The summed E-state index contributed by atoms with van der Waals surface area (Å²) in [5.41, 5.74) is 0.325. The maximum absolute atomic E-state index is 12.1. The van der Waals surface area contributed by atoms with Gasteiger partial charge >= 0.3 is 0 Å². The first-order valence-corrected chi connectivity index (χ1v) is 8.51. The number of rotatable bonds is 5. The molecule has 26 heavy (non-hydrogen) atoms. The number of carboxylic acids is 1. The smallest absolute Gasteiger partial charge is 0.288 e. The third kappa shape index (κ3) is 5.77. The zero-order valence-corrected chi connectivity index (χ0v) is 15.9. The van der Waals surface area contributed by atoms with Crippen LogP contribution < -0.4 is 21.1 Å². The molecule has 1 atom stereocenters. The molecule has 138 valence electrons. The normalized spacial score (nSPS) is 12.1. The topological polar surface area (TPSA) is 106 Å². The van der Waals surface area contributed by atoms with Crippen LogP contribution in [0.5, 0.6) is 0 Å². The zero-order valence-electron chi connectivity index (χ0n) is 12.8. The molecule has 0 fully saturated rings. The van der Waals surface area contributed by atoms with Gasteiger partial charge in [-0.1, -0.05) is 46.9 Å². The molecule has 0 aliphatic heterocycles. The molecular weight excluding hydrogens is 425 g/mol. The highest BCUT2D eigenvalue weighted by molar-refractivity contribution is 7.80. The number of hydrogen-bond donors (Lipinski definition) is 3. The summed E-state index contributed by atoms with van der Waals surface area (Å²) in [6, 6.07) is 8.73. The number of anilines is 1. The van der Waals surface area contributed by atoms with Crippen molar-refractivity contribution < 1.29 is 19.1 Å². The number of alkyl halides is 3. The molecule has 1 heterocycles. The van der Waals surface area contributed by atoms with Crippen molar-refractivity contribution in [1.29, 1.82) is 0 Å². The van der Waals surface area contributed by atoms with Crippen molar-refractivity contribution in [2.24, 2.45) is 0 Å². The van der Waals surface area contributed by atoms with Gasteiger partial charge in [-0.3, -0.25) is 4.79 Å². The van der Waals surface area contributed by atoms with Crippen LogP contribution >= 0.6 is 47.0 Å². The molecule has 0 aliphatic carbocycles. The van der Waals surface area contributed by atoms with Gasteiger partial charge in [0.2, 0.25) is 3.79 Å². The number of carbonyl (C=O) groups is 2. The lowest BCUT2D eigenvalue weighted by molar-refractivity contribution is -0.255. The predicted molar refractivity (Wildman–Crippen MR) is 100 cm³/mol. The van der Waals surface area contributed by atoms with Crippen molar-refractivity contribution in [2.75, 3.05) is 5.32 Å². The summed E-state index contributed by atoms with van der Waals surface area (Å²) in [6.45, 7) is 0. The molecular formula is C15H11Cl3N3O4S-. The third-order valence-electron chi connectivity index (χ3n) is 2.98. The Morgan fingerprint density at radius 1 is 1.15 bits per heavy atom. The number of benzene rings is 1. The first-order chi connectivity index (χ1) is 12.2. The van der Waals surface area contributed by atoms with Crippen LogP contribution in [-0.4, -0.2) is 26.9 Å². The molecule has 0 aliphatic rings. The summed E-state index contributed by atoms with van der Waals surface area (Å²) < 4.78 is 3.02. The minimum atomic E-state index is -1.94. The summed E-state index contributed by atoms with van der Waals surface area (Å²) in [5.74, 6) is -1.94. The average molecular weight is 436 g/mol. The number of halogens is 3. The van der Waals surface area contributed by atoms with Gasteiger partial charge in [0.05, 0.1) is 12.2 Å². The van der Waals surface area contributed by atoms with Gasteiger partial charge in [-0.15, -0.1) is 0 Å². The largest absolute Gasteiger partial charge is 0.545 e. The molecule has 0 bridgehead atoms. The van der Waals surface area contributed by atoms with Crippen molar-refractivity contribution in [1.82, 2.24) is 10.6 Å². The maximum Gasteiger partial charge on any atom is 0.288 e. The Balaban J connectivity index is 2.06. The van der Waals surface area contributed by atoms with Crippen LogP contribution in [0, 0.1) is 0 Å². The van der Waals surface area contributed by atoms with Gasteiger partial charge in [-0.05, 0) is 42.0 Å². The van der Waals surface area contributed by atoms with Gasteiger partial charge in [0.1, 0.15) is 6.17 Å². The molecule has 1 amide bonds. The number of aromatic carboxylic acids is 1. The standard InChI is InChI=1S/C15H12Cl3N3O4S/c16-15(17,18)13(20-11(22)10-5-2-6-25-10)21-14(26)19-9-4-1-3-8(7-9)12(23)24/h1-7,13H,(H,20,22)(H,23,24)(H2,19,21,26)/p-1. The lowest BCUT2D eigenvalue weighted by Crippen LogP contribution is -2.56. The third-order valence-corrected chi connectivity index (χ3v) is 3.85. The van der Waals surface area contributed by atoms with Gasteiger partial charge < -0.3 is 30.3 Å². The predicted octanol–water partition coefficient (Wildman–Crippen LogP) is 2.06. The van der Waals surface area contributed by atoms with Crippen molar-refractivity contribution in [3.8, 4) is 0 Å². The number of carboxylic acid groups (broad SMARTS) is 1. The Morgan fingerprint density at radius 3 is 2.46 bits per heavy atom. The van der Waals surface area contributed by atoms with E-state index in [9.17, 15) is 14.7 Å². The van der Waals surface area contributed by atoms with Gasteiger partial charge in [0.25, 0.3) is 5.91 Å². The Bertz CT molecular complexity index is 809. The van der Waals surface area contributed by atoms with Crippen LogP contribution in [0.3, 0.4) is 0 Å². The van der Waals surface area contributed by atoms with Crippen molar-refractivity contribution in [3.05, 3.63) is 54.0 Å². The SMILES string of the molecule is O=C([O-])c1cccc(NC(=S)NC(NC(=O)c2ccco2)C(Cl)(Cl)Cl)c1. The fourth-order valence-corrected chi connectivity index (χ4v) is 2.39. The van der Waals surface area contributed by atoms with Crippen molar-refractivity contribution >= 4 is 69.7 Å². The second-order valence-electron chi connectivity index (χ2n) is 4.89. The summed E-state index contributed by atoms with van der Waals surface area (Å²) in [4.78, 5) is 23.0. The summed E-state index contributed by atoms with van der Waals surface area (Å²) in [5, 5.41) is 18.7. The molecule has 11 heteroatoms. The molecule has 1 unspecified atom stereocenters. The van der Waals surface area contributed by atoms with E-state index in [-0.39, 0.29) is 16.4 Å². The first-order valence-electron chi connectivity index (χ1n) is 6.97. The van der Waals surface area contributed by atoms with Crippen LogP contribution in [-0.2, 0) is 0 Å². The number of thiocarbonyl (C=S) groups is 1. The monoisotopic (exact) mass is 434 g/mol. The fraction of sp³-hybridized carbons (Fsp3) is 0.133. The quantitative estimate of drug-likeness (QED) is 0.375. The van der Waals surface area contributed by atoms with E-state index in [1.54, 1.807) is 6.07 Å². The Labute approximate surface area is 168 Å². The fourth-order valence-electron chi connectivity index (χ4n) is 1.83. The number of nitrogens with one attached hydrogen (secondary N) is 3. The van der Waals surface area contributed by atoms with E-state index in [4.69, 9.17) is 51.4 Å². The average Bonchev–Trinajstić information content (AvgIpc) is 3.08. The van der Waals surface area contributed by atoms with Gasteiger partial charge in [-0.2, -0.15) is 0 Å². The highest BCUT2D eigenvalue weighted by Crippen LogP contribution is 2.29. The number of hydrogen-bond acceptors (Lipinski definition) is 5.